The van der Waals surface area contributed by atoms with Crippen LogP contribution in [0, 0.1) is 6.92 Å². The highest BCUT2D eigenvalue weighted by Gasteiger charge is 2.32. The number of rotatable bonds is 2. The fourth-order valence-corrected chi connectivity index (χ4v) is 2.66. The number of fused-ring (bicyclic) bond motifs is 1. The van der Waals surface area contributed by atoms with Crippen LogP contribution in [0.25, 0.3) is 22.7 Å². The number of ether oxygens (including phenoxy) is 1. The fraction of sp³-hybridized carbons (Fsp3) is 0.267. The zero-order valence-electron chi connectivity index (χ0n) is 12.9. The molecule has 0 radical (unpaired) electrons. The molecule has 3 rings (SSSR count). The zero-order chi connectivity index (χ0) is 17.6. The lowest BCUT2D eigenvalue weighted by atomic mass is 10.0. The summed E-state index contributed by atoms with van der Waals surface area (Å²) < 4.78 is 45.8. The molecular formula is C15H12ClF3N4O. The average molecular weight is 357 g/mol. The van der Waals surface area contributed by atoms with E-state index in [1.165, 1.54) is 13.3 Å². The topological polar surface area (TPSA) is 52.8 Å². The van der Waals surface area contributed by atoms with Crippen LogP contribution in [0.2, 0.25) is 5.15 Å². The van der Waals surface area contributed by atoms with E-state index in [2.05, 4.69) is 15.0 Å². The second-order valence-corrected chi connectivity index (χ2v) is 5.59. The summed E-state index contributed by atoms with van der Waals surface area (Å²) >= 11 is 5.81. The molecule has 0 saturated carbocycles. The predicted molar refractivity (Wildman–Crippen MR) is 83.0 cm³/mol. The lowest BCUT2D eigenvalue weighted by Gasteiger charge is -2.15. The van der Waals surface area contributed by atoms with Gasteiger partial charge in [0, 0.05) is 7.05 Å². The molecule has 0 aliphatic carbocycles. The van der Waals surface area contributed by atoms with Gasteiger partial charge in [0.25, 0.3) is 0 Å². The molecule has 2 heterocycles. The van der Waals surface area contributed by atoms with Gasteiger partial charge in [-0.15, -0.1) is 0 Å². The third kappa shape index (κ3) is 2.66. The maximum atomic E-state index is 13.0. The van der Waals surface area contributed by atoms with Gasteiger partial charge in [-0.25, -0.2) is 15.0 Å². The molecule has 24 heavy (non-hydrogen) atoms. The van der Waals surface area contributed by atoms with Gasteiger partial charge in [-0.1, -0.05) is 11.6 Å². The van der Waals surface area contributed by atoms with Gasteiger partial charge in [-0.3, -0.25) is 0 Å². The van der Waals surface area contributed by atoms with Crippen molar-refractivity contribution in [3.63, 3.8) is 0 Å². The maximum absolute atomic E-state index is 13.0. The number of aromatic nitrogens is 4. The van der Waals surface area contributed by atoms with Crippen molar-refractivity contribution in [2.24, 2.45) is 7.05 Å². The number of hydrogen-bond acceptors (Lipinski definition) is 4. The Kier molecular flexibility index (Phi) is 3.87. The molecule has 5 nitrogen and oxygen atoms in total. The van der Waals surface area contributed by atoms with E-state index in [9.17, 15) is 13.2 Å². The Morgan fingerprint density at radius 2 is 1.92 bits per heavy atom. The number of hydrogen-bond donors (Lipinski definition) is 0. The van der Waals surface area contributed by atoms with E-state index in [-0.39, 0.29) is 10.9 Å². The monoisotopic (exact) mass is 356 g/mol. The molecule has 0 aliphatic rings. The Labute approximate surface area is 140 Å². The van der Waals surface area contributed by atoms with Crippen molar-refractivity contribution in [2.75, 3.05) is 7.11 Å². The van der Waals surface area contributed by atoms with Gasteiger partial charge in [-0.2, -0.15) is 13.2 Å². The Hall–Kier alpha value is -2.35. The molecule has 0 aliphatic heterocycles. The van der Waals surface area contributed by atoms with Gasteiger partial charge in [0.05, 0.1) is 24.4 Å². The highest BCUT2D eigenvalue weighted by molar-refractivity contribution is 6.29. The highest BCUT2D eigenvalue weighted by atomic mass is 35.5. The third-order valence-electron chi connectivity index (χ3n) is 3.62. The summed E-state index contributed by atoms with van der Waals surface area (Å²) in [5.41, 5.74) is 0.825. The van der Waals surface area contributed by atoms with Gasteiger partial charge in [0.1, 0.15) is 16.7 Å². The normalized spacial score (nSPS) is 12.0. The van der Waals surface area contributed by atoms with E-state index in [1.54, 1.807) is 18.5 Å². The van der Waals surface area contributed by atoms with Crippen LogP contribution in [0.3, 0.4) is 0 Å². The summed E-state index contributed by atoms with van der Waals surface area (Å²) in [6.45, 7) is 1.57. The minimum absolute atomic E-state index is 0.0758. The lowest BCUT2D eigenvalue weighted by Crippen LogP contribution is -2.07. The van der Waals surface area contributed by atoms with Crippen LogP contribution in [0.5, 0.6) is 5.75 Å². The number of nitrogens with zero attached hydrogens (tertiary/aromatic N) is 4. The van der Waals surface area contributed by atoms with E-state index >= 15 is 0 Å². The fourth-order valence-electron chi connectivity index (χ4n) is 2.53. The molecule has 0 unspecified atom stereocenters. The van der Waals surface area contributed by atoms with E-state index < -0.39 is 11.7 Å². The zero-order valence-corrected chi connectivity index (χ0v) is 13.7. The summed E-state index contributed by atoms with van der Waals surface area (Å²) in [7, 11) is 3.01. The van der Waals surface area contributed by atoms with Crippen molar-refractivity contribution in [3.8, 4) is 17.1 Å². The van der Waals surface area contributed by atoms with E-state index in [1.807, 2.05) is 0 Å². The number of methoxy groups -OCH3 is 1. The third-order valence-corrected chi connectivity index (χ3v) is 3.81. The molecule has 126 valence electrons. The predicted octanol–water partition coefficient (Wildman–Crippen LogP) is 4.02. The Morgan fingerprint density at radius 1 is 1.21 bits per heavy atom. The number of benzene rings is 1. The molecule has 9 heteroatoms. The molecular weight excluding hydrogens is 345 g/mol. The number of halogens is 4. The lowest BCUT2D eigenvalue weighted by molar-refractivity contribution is -0.137. The minimum atomic E-state index is -4.46. The Bertz CT molecular complexity index is 937. The van der Waals surface area contributed by atoms with Crippen molar-refractivity contribution in [1.82, 2.24) is 19.5 Å². The second kappa shape index (κ2) is 5.62. The number of alkyl halides is 3. The molecule has 0 atom stereocenters. The summed E-state index contributed by atoms with van der Waals surface area (Å²) in [6.07, 6.45) is -3.08. The first kappa shape index (κ1) is 16.5. The van der Waals surface area contributed by atoms with Crippen molar-refractivity contribution in [2.45, 2.75) is 13.1 Å². The molecule has 1 aromatic carbocycles. The standard InChI is InChI=1S/C15H12ClF3N4O/c1-7-4-8(15(17,18)19)5-9(24-3)11(7)13-22-12-14(23(13)2)20-6-10(16)21-12/h4-6H,1-3H3. The molecule has 0 N–H and O–H groups in total. The highest BCUT2D eigenvalue weighted by Crippen LogP contribution is 2.39. The molecule has 0 fully saturated rings. The number of imidazole rings is 1. The first-order valence-corrected chi connectivity index (χ1v) is 7.21. The molecule has 0 saturated heterocycles. The van der Waals surface area contributed by atoms with Crippen LogP contribution in [-0.4, -0.2) is 26.6 Å². The smallest absolute Gasteiger partial charge is 0.416 e. The summed E-state index contributed by atoms with van der Waals surface area (Å²) in [6, 6.07) is 2.01. The van der Waals surface area contributed by atoms with Gasteiger partial charge in [-0.05, 0) is 24.6 Å². The summed E-state index contributed by atoms with van der Waals surface area (Å²) in [5, 5.41) is 0.184. The van der Waals surface area contributed by atoms with Crippen molar-refractivity contribution >= 4 is 22.9 Å². The summed E-state index contributed by atoms with van der Waals surface area (Å²) in [5.74, 6) is 0.474. The minimum Gasteiger partial charge on any atom is -0.496 e. The largest absolute Gasteiger partial charge is 0.496 e. The van der Waals surface area contributed by atoms with Gasteiger partial charge < -0.3 is 9.30 Å². The van der Waals surface area contributed by atoms with Crippen LogP contribution < -0.4 is 4.74 Å². The quantitative estimate of drug-likeness (QED) is 0.696. The van der Waals surface area contributed by atoms with Crippen molar-refractivity contribution in [1.29, 1.82) is 0 Å². The van der Waals surface area contributed by atoms with Crippen molar-refractivity contribution in [3.05, 3.63) is 34.6 Å². The van der Waals surface area contributed by atoms with Crippen LogP contribution in [-0.2, 0) is 13.2 Å². The van der Waals surface area contributed by atoms with Gasteiger partial charge in [0.15, 0.2) is 11.3 Å². The van der Waals surface area contributed by atoms with E-state index in [0.29, 0.717) is 28.2 Å². The maximum Gasteiger partial charge on any atom is 0.416 e. The summed E-state index contributed by atoms with van der Waals surface area (Å²) in [4.78, 5) is 12.6. The van der Waals surface area contributed by atoms with Gasteiger partial charge in [0.2, 0.25) is 0 Å². The average Bonchev–Trinajstić information content (AvgIpc) is 2.81. The van der Waals surface area contributed by atoms with Crippen LogP contribution in [0.4, 0.5) is 13.2 Å². The van der Waals surface area contributed by atoms with Crippen LogP contribution >= 0.6 is 11.6 Å². The number of aryl methyl sites for hydroxylation is 2. The van der Waals surface area contributed by atoms with Gasteiger partial charge >= 0.3 is 6.18 Å². The molecule has 3 aromatic rings. The first-order chi connectivity index (χ1) is 11.2. The van der Waals surface area contributed by atoms with Crippen LogP contribution in [0.15, 0.2) is 18.3 Å². The Morgan fingerprint density at radius 3 is 2.54 bits per heavy atom. The Balaban J connectivity index is 2.28. The first-order valence-electron chi connectivity index (χ1n) is 6.83. The van der Waals surface area contributed by atoms with Crippen molar-refractivity contribution < 1.29 is 17.9 Å². The van der Waals surface area contributed by atoms with E-state index in [4.69, 9.17) is 16.3 Å². The SMILES string of the molecule is COc1cc(C(F)(F)F)cc(C)c1-c1nc2nc(Cl)cnc2n1C. The van der Waals surface area contributed by atoms with E-state index in [0.717, 1.165) is 12.1 Å². The molecule has 2 aromatic heterocycles. The molecule has 0 bridgehead atoms. The second-order valence-electron chi connectivity index (χ2n) is 5.20. The molecule has 0 amide bonds. The molecule has 0 spiro atoms. The van der Waals surface area contributed by atoms with Crippen LogP contribution in [0.1, 0.15) is 11.1 Å².